The molecule has 1 saturated carbocycles. The summed E-state index contributed by atoms with van der Waals surface area (Å²) >= 11 is 0. The van der Waals surface area contributed by atoms with Crippen LogP contribution in [0.5, 0.6) is 0 Å². The van der Waals surface area contributed by atoms with Gasteiger partial charge in [0.05, 0.1) is 6.04 Å². The molecule has 35 heavy (non-hydrogen) atoms. The van der Waals surface area contributed by atoms with Crippen LogP contribution in [0.1, 0.15) is 49.8 Å². The molecule has 1 spiro atoms. The normalized spacial score (nSPS) is 25.4. The molecule has 0 radical (unpaired) electrons. The van der Waals surface area contributed by atoms with Crippen LogP contribution in [-0.2, 0) is 9.59 Å². The highest BCUT2D eigenvalue weighted by Gasteiger charge is 2.55. The third-order valence-electron chi connectivity index (χ3n) is 8.06. The average molecular weight is 475 g/mol. The first-order valence-corrected chi connectivity index (χ1v) is 12.8. The summed E-state index contributed by atoms with van der Waals surface area (Å²) in [6.45, 7) is 4.43. The number of carbonyl (C=O) groups excluding carboxylic acids is 3. The van der Waals surface area contributed by atoms with Crippen LogP contribution in [0, 0.1) is 5.92 Å². The standard InChI is InChI=1S/C28H34N4O3/c1-21-10-8-9-15-28(21)26(34)32(27(35)29-28)20-24(33)30-16-18-31(19-17-30)25(22-11-4-2-5-12-22)23-13-6-3-7-14-23/h2-7,11-14,21,25H,8-10,15-20H2,1H3,(H,29,35). The summed E-state index contributed by atoms with van der Waals surface area (Å²) in [6.07, 6.45) is 3.56. The molecule has 3 aliphatic rings. The van der Waals surface area contributed by atoms with Gasteiger partial charge in [0, 0.05) is 26.2 Å². The Labute approximate surface area is 207 Å². The van der Waals surface area contributed by atoms with E-state index >= 15 is 0 Å². The Kier molecular flexibility index (Phi) is 6.60. The lowest BCUT2D eigenvalue weighted by Crippen LogP contribution is -2.55. The number of nitrogens with one attached hydrogen (secondary N) is 1. The van der Waals surface area contributed by atoms with Crippen molar-refractivity contribution in [3.05, 3.63) is 71.8 Å². The van der Waals surface area contributed by atoms with Gasteiger partial charge in [-0.2, -0.15) is 0 Å². The topological polar surface area (TPSA) is 73.0 Å². The Hall–Kier alpha value is -3.19. The monoisotopic (exact) mass is 474 g/mol. The molecule has 2 atom stereocenters. The van der Waals surface area contributed by atoms with Gasteiger partial charge in [0.1, 0.15) is 12.1 Å². The van der Waals surface area contributed by atoms with Crippen LogP contribution in [0.3, 0.4) is 0 Å². The number of amides is 4. The molecule has 1 aliphatic carbocycles. The Morgan fingerprint density at radius 3 is 2.11 bits per heavy atom. The summed E-state index contributed by atoms with van der Waals surface area (Å²) in [7, 11) is 0. The predicted molar refractivity (Wildman–Crippen MR) is 133 cm³/mol. The van der Waals surface area contributed by atoms with E-state index in [0.29, 0.717) is 19.5 Å². The van der Waals surface area contributed by atoms with Crippen LogP contribution in [0.2, 0.25) is 0 Å². The van der Waals surface area contributed by atoms with E-state index in [9.17, 15) is 14.4 Å². The fraction of sp³-hybridized carbons (Fsp3) is 0.464. The first-order chi connectivity index (χ1) is 17.0. The minimum Gasteiger partial charge on any atom is -0.339 e. The van der Waals surface area contributed by atoms with Crippen LogP contribution in [0.15, 0.2) is 60.7 Å². The van der Waals surface area contributed by atoms with Gasteiger partial charge in [0.25, 0.3) is 5.91 Å². The van der Waals surface area contributed by atoms with Gasteiger partial charge in [-0.25, -0.2) is 4.79 Å². The molecule has 1 N–H and O–H groups in total. The van der Waals surface area contributed by atoms with Gasteiger partial charge < -0.3 is 10.2 Å². The molecule has 4 amide bonds. The largest absolute Gasteiger partial charge is 0.339 e. The van der Waals surface area contributed by atoms with Gasteiger partial charge in [-0.05, 0) is 29.9 Å². The van der Waals surface area contributed by atoms with E-state index in [0.717, 1.165) is 37.3 Å². The van der Waals surface area contributed by atoms with E-state index in [1.54, 1.807) is 4.90 Å². The molecule has 2 aliphatic heterocycles. The molecule has 2 saturated heterocycles. The summed E-state index contributed by atoms with van der Waals surface area (Å²) in [5.41, 5.74) is 1.63. The molecule has 7 nitrogen and oxygen atoms in total. The van der Waals surface area contributed by atoms with Crippen molar-refractivity contribution in [1.82, 2.24) is 20.0 Å². The van der Waals surface area contributed by atoms with Gasteiger partial charge in [-0.1, -0.05) is 80.4 Å². The van der Waals surface area contributed by atoms with Gasteiger partial charge in [0.2, 0.25) is 5.91 Å². The molecule has 2 unspecified atom stereocenters. The zero-order valence-electron chi connectivity index (χ0n) is 20.4. The van der Waals surface area contributed by atoms with Gasteiger partial charge in [0.15, 0.2) is 0 Å². The Balaban J connectivity index is 1.24. The average Bonchev–Trinajstić information content (AvgIpc) is 3.12. The minimum atomic E-state index is -0.826. The van der Waals surface area contributed by atoms with Crippen molar-refractivity contribution in [3.8, 4) is 0 Å². The van der Waals surface area contributed by atoms with E-state index in [1.807, 2.05) is 19.1 Å². The summed E-state index contributed by atoms with van der Waals surface area (Å²) in [6, 6.07) is 20.6. The molecular formula is C28H34N4O3. The van der Waals surface area contributed by atoms with Crippen molar-refractivity contribution in [2.24, 2.45) is 5.92 Å². The highest BCUT2D eigenvalue weighted by molar-refractivity contribution is 6.09. The second-order valence-corrected chi connectivity index (χ2v) is 10.1. The van der Waals surface area contributed by atoms with E-state index in [1.165, 1.54) is 11.1 Å². The third kappa shape index (κ3) is 4.45. The summed E-state index contributed by atoms with van der Waals surface area (Å²) in [4.78, 5) is 44.4. The number of carbonyl (C=O) groups is 3. The van der Waals surface area contributed by atoms with Crippen molar-refractivity contribution >= 4 is 17.8 Å². The van der Waals surface area contributed by atoms with E-state index < -0.39 is 11.6 Å². The first kappa shape index (κ1) is 23.5. The minimum absolute atomic E-state index is 0.0873. The lowest BCUT2D eigenvalue weighted by Gasteiger charge is -2.40. The fourth-order valence-corrected chi connectivity index (χ4v) is 5.99. The lowest BCUT2D eigenvalue weighted by molar-refractivity contribution is -0.141. The Bertz CT molecular complexity index is 1030. The van der Waals surface area contributed by atoms with Crippen molar-refractivity contribution in [2.45, 2.75) is 44.2 Å². The Morgan fingerprint density at radius 2 is 1.54 bits per heavy atom. The number of hydrogen-bond acceptors (Lipinski definition) is 4. The first-order valence-electron chi connectivity index (χ1n) is 12.8. The maximum atomic E-state index is 13.2. The highest BCUT2D eigenvalue weighted by atomic mass is 16.2. The molecule has 5 rings (SSSR count). The molecule has 3 fully saturated rings. The SMILES string of the molecule is CC1CCCCC12NC(=O)N(CC(=O)N1CCN(C(c3ccccc3)c3ccccc3)CC1)C2=O. The van der Waals surface area contributed by atoms with Crippen LogP contribution < -0.4 is 5.32 Å². The van der Waals surface area contributed by atoms with Crippen LogP contribution in [0.25, 0.3) is 0 Å². The number of hydrogen-bond donors (Lipinski definition) is 1. The van der Waals surface area contributed by atoms with Crippen molar-refractivity contribution < 1.29 is 14.4 Å². The molecule has 2 heterocycles. The quantitative estimate of drug-likeness (QED) is 0.674. The number of rotatable bonds is 5. The van der Waals surface area contributed by atoms with Gasteiger partial charge in [-0.3, -0.25) is 19.4 Å². The molecule has 7 heteroatoms. The molecule has 0 aromatic heterocycles. The second-order valence-electron chi connectivity index (χ2n) is 10.1. The molecule has 184 valence electrons. The van der Waals surface area contributed by atoms with Crippen molar-refractivity contribution in [2.75, 3.05) is 32.7 Å². The number of urea groups is 1. The fourth-order valence-electron chi connectivity index (χ4n) is 5.99. The maximum Gasteiger partial charge on any atom is 0.325 e. The Morgan fingerprint density at radius 1 is 0.943 bits per heavy atom. The lowest BCUT2D eigenvalue weighted by atomic mass is 9.73. The summed E-state index contributed by atoms with van der Waals surface area (Å²) < 4.78 is 0. The smallest absolute Gasteiger partial charge is 0.325 e. The predicted octanol–water partition coefficient (Wildman–Crippen LogP) is 3.42. The van der Waals surface area contributed by atoms with Gasteiger partial charge in [-0.15, -0.1) is 0 Å². The van der Waals surface area contributed by atoms with E-state index in [-0.39, 0.29) is 30.3 Å². The summed E-state index contributed by atoms with van der Waals surface area (Å²) in [5, 5.41) is 2.94. The third-order valence-corrected chi connectivity index (χ3v) is 8.06. The molecule has 2 aromatic rings. The van der Waals surface area contributed by atoms with Crippen LogP contribution >= 0.6 is 0 Å². The number of imide groups is 1. The van der Waals surface area contributed by atoms with E-state index in [2.05, 4.69) is 58.7 Å². The molecule has 0 bridgehead atoms. The summed E-state index contributed by atoms with van der Waals surface area (Å²) in [5.74, 6) is -0.302. The highest BCUT2D eigenvalue weighted by Crippen LogP contribution is 2.38. The van der Waals surface area contributed by atoms with Crippen molar-refractivity contribution in [1.29, 1.82) is 0 Å². The van der Waals surface area contributed by atoms with Crippen LogP contribution in [0.4, 0.5) is 4.79 Å². The number of piperazine rings is 1. The number of benzene rings is 2. The van der Waals surface area contributed by atoms with E-state index in [4.69, 9.17) is 0 Å². The number of nitrogens with zero attached hydrogens (tertiary/aromatic N) is 3. The van der Waals surface area contributed by atoms with Crippen molar-refractivity contribution in [3.63, 3.8) is 0 Å². The molecule has 2 aromatic carbocycles. The molecular weight excluding hydrogens is 440 g/mol. The second kappa shape index (κ2) is 9.82. The zero-order chi connectivity index (χ0) is 24.4. The van der Waals surface area contributed by atoms with Crippen LogP contribution in [-0.4, -0.2) is 70.8 Å². The maximum absolute atomic E-state index is 13.2. The zero-order valence-corrected chi connectivity index (χ0v) is 20.4. The van der Waals surface area contributed by atoms with Gasteiger partial charge >= 0.3 is 6.03 Å².